The number of aromatic nitrogens is 2. The number of ether oxygens (including phenoxy) is 1. The van der Waals surface area contributed by atoms with Crippen molar-refractivity contribution in [2.75, 3.05) is 24.5 Å². The van der Waals surface area contributed by atoms with Crippen LogP contribution >= 0.6 is 0 Å². The summed E-state index contributed by atoms with van der Waals surface area (Å²) in [7, 11) is 0. The third kappa shape index (κ3) is 5.40. The Morgan fingerprint density at radius 1 is 1.10 bits per heavy atom. The molecule has 6 rings (SSSR count). The molecule has 3 heterocycles. The lowest BCUT2D eigenvalue weighted by molar-refractivity contribution is -0.138. The lowest BCUT2D eigenvalue weighted by atomic mass is 9.92. The van der Waals surface area contributed by atoms with E-state index in [0.29, 0.717) is 50.4 Å². The Morgan fingerprint density at radius 3 is 2.56 bits per heavy atom. The van der Waals surface area contributed by atoms with Gasteiger partial charge in [-0.3, -0.25) is 14.2 Å². The number of carbonyl (C=O) groups is 2. The molecule has 2 aliphatic carbocycles. The summed E-state index contributed by atoms with van der Waals surface area (Å²) in [5, 5.41) is 0. The molecule has 1 amide bonds. The number of carbonyl (C=O) groups excluding carboxylic acids is 2. The van der Waals surface area contributed by atoms with E-state index in [1.165, 1.54) is 6.07 Å². The minimum Gasteiger partial charge on any atom is -0.473 e. The quantitative estimate of drug-likeness (QED) is 0.453. The number of hydrogen-bond donors (Lipinski definition) is 0. The van der Waals surface area contributed by atoms with E-state index in [-0.39, 0.29) is 41.0 Å². The van der Waals surface area contributed by atoms with Crippen LogP contribution in [0.3, 0.4) is 0 Å². The van der Waals surface area contributed by atoms with Gasteiger partial charge in [-0.25, -0.2) is 13.6 Å². The number of ketones is 1. The predicted octanol–water partition coefficient (Wildman–Crippen LogP) is 4.21. The highest BCUT2D eigenvalue weighted by Gasteiger charge is 2.52. The predicted molar refractivity (Wildman–Crippen MR) is 148 cm³/mol. The number of piperazine rings is 1. The zero-order valence-corrected chi connectivity index (χ0v) is 23.7. The maximum atomic E-state index is 13.6. The van der Waals surface area contributed by atoms with Gasteiger partial charge in [0.1, 0.15) is 12.4 Å². The normalized spacial score (nSPS) is 20.6. The molecule has 2 aromatic rings. The molecule has 217 valence electrons. The summed E-state index contributed by atoms with van der Waals surface area (Å²) in [6.45, 7) is 8.35. The SMILES string of the molecule is CC(C)(C)C1=C(C(=O)CCCC2(C(=O)N3CCN4c5cc(OCc6ccc(F)c(F)c6)nc(=O)n5CC4C3)CC2)[CH]1. The van der Waals surface area contributed by atoms with Crippen LogP contribution in [-0.4, -0.2) is 51.8 Å². The maximum absolute atomic E-state index is 13.6. The smallest absolute Gasteiger partial charge is 0.352 e. The molecule has 41 heavy (non-hydrogen) atoms. The molecule has 0 N–H and O–H groups in total. The molecule has 2 aliphatic heterocycles. The van der Waals surface area contributed by atoms with E-state index in [2.05, 4.69) is 30.7 Å². The van der Waals surface area contributed by atoms with Gasteiger partial charge in [0.15, 0.2) is 17.4 Å². The van der Waals surface area contributed by atoms with E-state index in [4.69, 9.17) is 4.74 Å². The Bertz CT molecular complexity index is 1500. The Kier molecular flexibility index (Phi) is 6.77. The Balaban J connectivity index is 1.05. The second kappa shape index (κ2) is 10.1. The van der Waals surface area contributed by atoms with Gasteiger partial charge in [-0.1, -0.05) is 26.8 Å². The van der Waals surface area contributed by atoms with E-state index < -0.39 is 17.3 Å². The first-order valence-corrected chi connectivity index (χ1v) is 14.3. The lowest BCUT2D eigenvalue weighted by Crippen LogP contribution is -2.55. The fourth-order valence-corrected chi connectivity index (χ4v) is 6.19. The van der Waals surface area contributed by atoms with Crippen molar-refractivity contribution in [1.82, 2.24) is 14.5 Å². The average molecular weight is 566 g/mol. The highest BCUT2D eigenvalue weighted by atomic mass is 19.2. The summed E-state index contributed by atoms with van der Waals surface area (Å²) in [5.41, 5.74) is 1.63. The van der Waals surface area contributed by atoms with Gasteiger partial charge < -0.3 is 14.5 Å². The van der Waals surface area contributed by atoms with Crippen LogP contribution in [0.1, 0.15) is 58.4 Å². The fourth-order valence-electron chi connectivity index (χ4n) is 6.19. The number of anilines is 1. The number of Topliss-reactive ketones (excluding diaryl/α,β-unsaturated/α-hetero) is 1. The summed E-state index contributed by atoms with van der Waals surface area (Å²) < 4.78 is 34.0. The lowest BCUT2D eigenvalue weighted by Gasteiger charge is -2.39. The van der Waals surface area contributed by atoms with Crippen molar-refractivity contribution in [3.63, 3.8) is 0 Å². The van der Waals surface area contributed by atoms with Crippen LogP contribution in [0, 0.1) is 28.9 Å². The van der Waals surface area contributed by atoms with Crippen LogP contribution in [-0.2, 0) is 22.7 Å². The second-order valence-corrected chi connectivity index (χ2v) is 12.8. The molecule has 4 aliphatic rings. The summed E-state index contributed by atoms with van der Waals surface area (Å²) >= 11 is 0. The standard InChI is InChI=1S/C31H35F2N4O4/c1-30(2,3)22-14-21(22)25(38)5-4-8-31(9-10-31)28(39)35-11-12-36-20(16-35)17-37-27(36)15-26(34-29(37)40)41-18-19-6-7-23(32)24(33)13-19/h6-7,13-15,20H,4-5,8-12,16-18H2,1-3H3. The largest absolute Gasteiger partial charge is 0.473 e. The van der Waals surface area contributed by atoms with Crippen LogP contribution in [0.25, 0.3) is 0 Å². The first kappa shape index (κ1) is 27.6. The van der Waals surface area contributed by atoms with Gasteiger partial charge in [-0.2, -0.15) is 4.98 Å². The molecule has 1 saturated carbocycles. The first-order valence-electron chi connectivity index (χ1n) is 14.3. The third-order valence-corrected chi connectivity index (χ3v) is 8.76. The van der Waals surface area contributed by atoms with Gasteiger partial charge in [0.25, 0.3) is 0 Å². The minimum atomic E-state index is -0.964. The van der Waals surface area contributed by atoms with Crippen LogP contribution < -0.4 is 15.3 Å². The molecule has 1 atom stereocenters. The van der Waals surface area contributed by atoms with Gasteiger partial charge in [0.2, 0.25) is 11.8 Å². The topological polar surface area (TPSA) is 84.7 Å². The van der Waals surface area contributed by atoms with Crippen molar-refractivity contribution in [2.45, 2.75) is 72.1 Å². The number of halogens is 2. The van der Waals surface area contributed by atoms with E-state index in [1.807, 2.05) is 11.3 Å². The van der Waals surface area contributed by atoms with Crippen LogP contribution in [0.15, 0.2) is 40.2 Å². The molecular formula is C31H35F2N4O4. The maximum Gasteiger partial charge on any atom is 0.352 e. The molecule has 1 saturated heterocycles. The summed E-state index contributed by atoms with van der Waals surface area (Å²) in [6.07, 6.45) is 5.61. The number of allylic oxidation sites excluding steroid dienone is 2. The van der Waals surface area contributed by atoms with E-state index in [1.54, 1.807) is 10.6 Å². The van der Waals surface area contributed by atoms with Gasteiger partial charge in [-0.05, 0) is 54.4 Å². The minimum absolute atomic E-state index is 0.00120. The number of fused-ring (bicyclic) bond motifs is 3. The zero-order chi connectivity index (χ0) is 29.1. The molecule has 0 bridgehead atoms. The number of amides is 1. The first-order chi connectivity index (χ1) is 19.4. The Morgan fingerprint density at radius 2 is 1.88 bits per heavy atom. The summed E-state index contributed by atoms with van der Waals surface area (Å²) in [6, 6.07) is 5.15. The highest BCUT2D eigenvalue weighted by Crippen LogP contribution is 2.52. The molecule has 1 unspecified atom stereocenters. The van der Waals surface area contributed by atoms with Crippen molar-refractivity contribution in [3.05, 3.63) is 69.5 Å². The highest BCUT2D eigenvalue weighted by molar-refractivity contribution is 6.05. The van der Waals surface area contributed by atoms with Crippen molar-refractivity contribution in [2.24, 2.45) is 10.8 Å². The number of hydrogen-bond acceptors (Lipinski definition) is 6. The summed E-state index contributed by atoms with van der Waals surface area (Å²) in [5.74, 6) is -0.756. The van der Waals surface area contributed by atoms with E-state index in [9.17, 15) is 23.2 Å². The van der Waals surface area contributed by atoms with E-state index in [0.717, 1.165) is 42.5 Å². The van der Waals surface area contributed by atoms with Crippen LogP contribution in [0.5, 0.6) is 5.88 Å². The Labute approximate surface area is 238 Å². The fraction of sp³-hybridized carbons (Fsp3) is 0.516. The van der Waals surface area contributed by atoms with Crippen molar-refractivity contribution in [3.8, 4) is 5.88 Å². The second-order valence-electron chi connectivity index (χ2n) is 12.8. The van der Waals surface area contributed by atoms with Gasteiger partial charge in [0.05, 0.1) is 12.6 Å². The molecule has 1 aromatic carbocycles. The molecule has 10 heteroatoms. The van der Waals surface area contributed by atoms with Gasteiger partial charge in [0, 0.05) is 49.5 Å². The van der Waals surface area contributed by atoms with Gasteiger partial charge in [-0.15, -0.1) is 0 Å². The van der Waals surface area contributed by atoms with Crippen molar-refractivity contribution >= 4 is 17.5 Å². The molecule has 2 fully saturated rings. The van der Waals surface area contributed by atoms with Gasteiger partial charge >= 0.3 is 5.69 Å². The monoisotopic (exact) mass is 565 g/mol. The molecule has 0 spiro atoms. The summed E-state index contributed by atoms with van der Waals surface area (Å²) in [4.78, 5) is 47.0. The number of benzene rings is 1. The third-order valence-electron chi connectivity index (χ3n) is 8.76. The number of nitrogens with zero attached hydrogens (tertiary/aromatic N) is 4. The number of rotatable bonds is 9. The molecule has 1 aromatic heterocycles. The molecule has 8 nitrogen and oxygen atoms in total. The molecular weight excluding hydrogens is 530 g/mol. The van der Waals surface area contributed by atoms with E-state index >= 15 is 0 Å². The average Bonchev–Trinajstić information content (AvgIpc) is 3.85. The van der Waals surface area contributed by atoms with Crippen LogP contribution in [0.2, 0.25) is 0 Å². The van der Waals surface area contributed by atoms with Crippen LogP contribution in [0.4, 0.5) is 14.6 Å². The zero-order valence-electron chi connectivity index (χ0n) is 23.7. The Hall–Kier alpha value is -3.56. The molecule has 1 radical (unpaired) electrons. The van der Waals surface area contributed by atoms with Crippen molar-refractivity contribution < 1.29 is 23.1 Å². The van der Waals surface area contributed by atoms with Crippen molar-refractivity contribution in [1.29, 1.82) is 0 Å².